The SMILES string of the molecule is CCOc1cc(CNCCC2=CCCCC2)cc(Cl)c1OCc1ccccc1. The molecule has 0 unspecified atom stereocenters. The van der Waals surface area contributed by atoms with Gasteiger partial charge >= 0.3 is 0 Å². The van der Waals surface area contributed by atoms with E-state index in [1.165, 1.54) is 25.7 Å². The Morgan fingerprint density at radius 2 is 1.89 bits per heavy atom. The van der Waals surface area contributed by atoms with Crippen molar-refractivity contribution in [3.8, 4) is 11.5 Å². The third-order valence-corrected chi connectivity index (χ3v) is 5.21. The van der Waals surface area contributed by atoms with Gasteiger partial charge < -0.3 is 14.8 Å². The number of allylic oxidation sites excluding steroid dienone is 1. The molecule has 3 nitrogen and oxygen atoms in total. The summed E-state index contributed by atoms with van der Waals surface area (Å²) in [6, 6.07) is 14.1. The molecule has 0 atom stereocenters. The Kier molecular flexibility index (Phi) is 8.25. The van der Waals surface area contributed by atoms with Crippen molar-refractivity contribution in [3.63, 3.8) is 0 Å². The molecule has 0 heterocycles. The molecule has 150 valence electrons. The Hall–Kier alpha value is -1.97. The van der Waals surface area contributed by atoms with Crippen LogP contribution in [0.3, 0.4) is 0 Å². The van der Waals surface area contributed by atoms with E-state index in [0.29, 0.717) is 29.7 Å². The van der Waals surface area contributed by atoms with Crippen molar-refractivity contribution in [2.45, 2.75) is 52.2 Å². The van der Waals surface area contributed by atoms with Crippen LogP contribution in [0.5, 0.6) is 11.5 Å². The highest BCUT2D eigenvalue weighted by atomic mass is 35.5. The van der Waals surface area contributed by atoms with Crippen LogP contribution in [0.2, 0.25) is 5.02 Å². The lowest BCUT2D eigenvalue weighted by atomic mass is 9.97. The fourth-order valence-corrected chi connectivity index (χ4v) is 3.76. The van der Waals surface area contributed by atoms with Crippen molar-refractivity contribution in [2.24, 2.45) is 0 Å². The van der Waals surface area contributed by atoms with E-state index in [2.05, 4.69) is 11.4 Å². The van der Waals surface area contributed by atoms with Crippen LogP contribution in [0, 0.1) is 0 Å². The smallest absolute Gasteiger partial charge is 0.180 e. The summed E-state index contributed by atoms with van der Waals surface area (Å²) >= 11 is 6.53. The quantitative estimate of drug-likeness (QED) is 0.375. The normalized spacial score (nSPS) is 13.9. The predicted molar refractivity (Wildman–Crippen MR) is 116 cm³/mol. The maximum atomic E-state index is 6.53. The lowest BCUT2D eigenvalue weighted by Gasteiger charge is -2.16. The molecule has 0 fully saturated rings. The van der Waals surface area contributed by atoms with Gasteiger partial charge in [0, 0.05) is 6.54 Å². The fourth-order valence-electron chi connectivity index (χ4n) is 3.47. The van der Waals surface area contributed by atoms with Crippen molar-refractivity contribution in [1.29, 1.82) is 0 Å². The Labute approximate surface area is 173 Å². The fraction of sp³-hybridized carbons (Fsp3) is 0.417. The van der Waals surface area contributed by atoms with Crippen molar-refractivity contribution in [3.05, 3.63) is 70.3 Å². The minimum atomic E-state index is 0.466. The molecule has 0 bridgehead atoms. The molecular weight excluding hydrogens is 370 g/mol. The molecule has 1 aliphatic rings. The molecule has 4 heteroatoms. The molecule has 0 spiro atoms. The first-order valence-corrected chi connectivity index (χ1v) is 10.6. The number of halogens is 1. The monoisotopic (exact) mass is 399 g/mol. The highest BCUT2D eigenvalue weighted by Crippen LogP contribution is 2.37. The minimum Gasteiger partial charge on any atom is -0.490 e. The number of hydrogen-bond donors (Lipinski definition) is 1. The zero-order valence-corrected chi connectivity index (χ0v) is 17.4. The number of hydrogen-bond acceptors (Lipinski definition) is 3. The molecule has 0 amide bonds. The molecule has 0 saturated carbocycles. The van der Waals surface area contributed by atoms with Crippen LogP contribution in [-0.4, -0.2) is 13.2 Å². The summed E-state index contributed by atoms with van der Waals surface area (Å²) in [7, 11) is 0. The highest BCUT2D eigenvalue weighted by molar-refractivity contribution is 6.32. The molecule has 0 saturated heterocycles. The average Bonchev–Trinajstić information content (AvgIpc) is 2.72. The molecule has 0 aromatic heterocycles. The van der Waals surface area contributed by atoms with Gasteiger partial charge in [-0.2, -0.15) is 0 Å². The first-order valence-electron chi connectivity index (χ1n) is 10.3. The van der Waals surface area contributed by atoms with Crippen LogP contribution in [-0.2, 0) is 13.2 Å². The summed E-state index contributed by atoms with van der Waals surface area (Å²) in [5.41, 5.74) is 3.80. The molecule has 0 aliphatic heterocycles. The van der Waals surface area contributed by atoms with Crippen molar-refractivity contribution in [2.75, 3.05) is 13.2 Å². The van der Waals surface area contributed by atoms with Gasteiger partial charge in [-0.25, -0.2) is 0 Å². The number of rotatable bonds is 10. The lowest BCUT2D eigenvalue weighted by Crippen LogP contribution is -2.16. The van der Waals surface area contributed by atoms with Gasteiger partial charge in [0.1, 0.15) is 6.61 Å². The van der Waals surface area contributed by atoms with Crippen LogP contribution < -0.4 is 14.8 Å². The first-order chi connectivity index (χ1) is 13.8. The third kappa shape index (κ3) is 6.29. The Balaban J connectivity index is 1.58. The lowest BCUT2D eigenvalue weighted by molar-refractivity contribution is 0.269. The van der Waals surface area contributed by atoms with Crippen molar-refractivity contribution < 1.29 is 9.47 Å². The van der Waals surface area contributed by atoms with Crippen molar-refractivity contribution in [1.82, 2.24) is 5.32 Å². The van der Waals surface area contributed by atoms with Gasteiger partial charge in [-0.15, -0.1) is 0 Å². The third-order valence-electron chi connectivity index (χ3n) is 4.93. The summed E-state index contributed by atoms with van der Waals surface area (Å²) < 4.78 is 11.8. The summed E-state index contributed by atoms with van der Waals surface area (Å²) in [6.07, 6.45) is 8.72. The van der Waals surface area contributed by atoms with Gasteiger partial charge in [-0.1, -0.05) is 53.6 Å². The summed E-state index contributed by atoms with van der Waals surface area (Å²) in [6.45, 7) is 4.76. The maximum Gasteiger partial charge on any atom is 0.180 e. The highest BCUT2D eigenvalue weighted by Gasteiger charge is 2.13. The second-order valence-corrected chi connectivity index (χ2v) is 7.55. The molecule has 3 rings (SSSR count). The van der Waals surface area contributed by atoms with Gasteiger partial charge in [0.15, 0.2) is 11.5 Å². The van der Waals surface area contributed by atoms with Gasteiger partial charge in [-0.05, 0) is 68.8 Å². The van der Waals surface area contributed by atoms with Gasteiger partial charge in [-0.3, -0.25) is 0 Å². The maximum absolute atomic E-state index is 6.53. The number of nitrogens with one attached hydrogen (secondary N) is 1. The van der Waals surface area contributed by atoms with Gasteiger partial charge in [0.05, 0.1) is 11.6 Å². The molecule has 0 radical (unpaired) electrons. The topological polar surface area (TPSA) is 30.5 Å². The second kappa shape index (κ2) is 11.1. The van der Waals surface area contributed by atoms with Gasteiger partial charge in [0.2, 0.25) is 0 Å². The Morgan fingerprint density at radius 3 is 2.64 bits per heavy atom. The largest absolute Gasteiger partial charge is 0.490 e. The van der Waals surface area contributed by atoms with Crippen LogP contribution >= 0.6 is 11.6 Å². The summed E-state index contributed by atoms with van der Waals surface area (Å²) in [5.74, 6) is 1.32. The predicted octanol–water partition coefficient (Wildman–Crippen LogP) is 6.30. The summed E-state index contributed by atoms with van der Waals surface area (Å²) in [5, 5.41) is 4.12. The molecule has 2 aromatic carbocycles. The van der Waals surface area contributed by atoms with E-state index in [0.717, 1.165) is 30.6 Å². The van der Waals surface area contributed by atoms with Gasteiger partial charge in [0.25, 0.3) is 0 Å². The Morgan fingerprint density at radius 1 is 1.04 bits per heavy atom. The number of benzene rings is 2. The van der Waals surface area contributed by atoms with Crippen molar-refractivity contribution >= 4 is 11.6 Å². The van der Waals surface area contributed by atoms with Crippen LogP contribution in [0.4, 0.5) is 0 Å². The van der Waals surface area contributed by atoms with Crippen LogP contribution in [0.25, 0.3) is 0 Å². The van der Waals surface area contributed by atoms with E-state index in [9.17, 15) is 0 Å². The summed E-state index contributed by atoms with van der Waals surface area (Å²) in [4.78, 5) is 0. The number of ether oxygens (including phenoxy) is 2. The minimum absolute atomic E-state index is 0.466. The van der Waals surface area contributed by atoms with E-state index < -0.39 is 0 Å². The molecule has 2 aromatic rings. The van der Waals surface area contributed by atoms with E-state index in [4.69, 9.17) is 21.1 Å². The molecule has 1 aliphatic carbocycles. The standard InChI is InChI=1S/C24H30ClNO2/c1-2-27-23-16-21(17-26-14-13-19-9-5-3-6-10-19)15-22(25)24(23)28-18-20-11-7-4-8-12-20/h4,7-9,11-12,15-16,26H,2-3,5-6,10,13-14,17-18H2,1H3. The van der Waals surface area contributed by atoms with Crippen LogP contribution in [0.1, 0.15) is 50.2 Å². The zero-order valence-electron chi connectivity index (χ0n) is 16.7. The Bertz CT molecular complexity index is 774. The second-order valence-electron chi connectivity index (χ2n) is 7.15. The van der Waals surface area contributed by atoms with E-state index in [1.807, 2.05) is 49.4 Å². The van der Waals surface area contributed by atoms with Crippen LogP contribution in [0.15, 0.2) is 54.1 Å². The van der Waals surface area contributed by atoms with E-state index >= 15 is 0 Å². The average molecular weight is 400 g/mol. The first kappa shape index (κ1) is 20.8. The molecule has 1 N–H and O–H groups in total. The van der Waals surface area contributed by atoms with E-state index in [1.54, 1.807) is 5.57 Å². The zero-order chi connectivity index (χ0) is 19.6. The van der Waals surface area contributed by atoms with E-state index in [-0.39, 0.29) is 0 Å². The molecular formula is C24H30ClNO2. The molecule has 28 heavy (non-hydrogen) atoms.